The van der Waals surface area contributed by atoms with Gasteiger partial charge in [-0.15, -0.1) is 0 Å². The summed E-state index contributed by atoms with van der Waals surface area (Å²) in [5.41, 5.74) is 5.56. The molecule has 0 fully saturated rings. The fourth-order valence-electron chi connectivity index (χ4n) is 1.09. The predicted molar refractivity (Wildman–Crippen MR) is 49.0 cm³/mol. The van der Waals surface area contributed by atoms with E-state index in [0.29, 0.717) is 0 Å². The van der Waals surface area contributed by atoms with Crippen molar-refractivity contribution < 1.29 is 19.7 Å². The molecule has 0 heterocycles. The van der Waals surface area contributed by atoms with Gasteiger partial charge in [-0.25, -0.2) is 4.79 Å². The van der Waals surface area contributed by atoms with Crippen LogP contribution in [0.15, 0.2) is 12.1 Å². The van der Waals surface area contributed by atoms with E-state index in [1.807, 2.05) is 0 Å². The predicted octanol–water partition coefficient (Wildman–Crippen LogP) is 0.343. The van der Waals surface area contributed by atoms with Crippen LogP contribution in [0.1, 0.15) is 15.9 Å². The number of ether oxygens (including phenoxy) is 1. The van der Waals surface area contributed by atoms with Crippen molar-refractivity contribution in [3.8, 4) is 11.5 Å². The zero-order valence-electron chi connectivity index (χ0n) is 7.65. The lowest BCUT2D eigenvalue weighted by molar-refractivity contribution is 0.0599. The number of aromatic hydroxyl groups is 2. The van der Waals surface area contributed by atoms with Gasteiger partial charge in [-0.2, -0.15) is 0 Å². The van der Waals surface area contributed by atoms with E-state index in [1.165, 1.54) is 19.2 Å². The number of nitrogens with two attached hydrogens (primary N) is 1. The summed E-state index contributed by atoms with van der Waals surface area (Å²) >= 11 is 0. The second-order valence-electron chi connectivity index (χ2n) is 2.69. The summed E-state index contributed by atoms with van der Waals surface area (Å²) in [5, 5.41) is 18.7. The van der Waals surface area contributed by atoms with Gasteiger partial charge in [0, 0.05) is 12.1 Å². The second kappa shape index (κ2) is 3.97. The molecule has 0 bridgehead atoms. The lowest BCUT2D eigenvalue weighted by Gasteiger charge is -2.06. The summed E-state index contributed by atoms with van der Waals surface area (Å²) in [6.45, 7) is -0.000874. The number of phenolic OH excluding ortho intramolecular Hbond substituents is 2. The van der Waals surface area contributed by atoms with Crippen LogP contribution in [0.3, 0.4) is 0 Å². The lowest BCUT2D eigenvalue weighted by atomic mass is 10.1. The first-order valence-electron chi connectivity index (χ1n) is 3.93. The quantitative estimate of drug-likeness (QED) is 0.594. The van der Waals surface area contributed by atoms with Crippen molar-refractivity contribution in [1.82, 2.24) is 0 Å². The van der Waals surface area contributed by atoms with Crippen LogP contribution in [0.25, 0.3) is 0 Å². The molecule has 0 radical (unpaired) electrons. The summed E-state index contributed by atoms with van der Waals surface area (Å²) in [6.07, 6.45) is 0. The molecule has 0 aromatic heterocycles. The molecule has 0 aliphatic rings. The van der Waals surface area contributed by atoms with Crippen molar-refractivity contribution in [3.05, 3.63) is 23.3 Å². The Morgan fingerprint density at radius 3 is 2.29 bits per heavy atom. The average Bonchev–Trinajstić information content (AvgIpc) is 2.16. The van der Waals surface area contributed by atoms with Crippen molar-refractivity contribution in [2.45, 2.75) is 6.54 Å². The molecule has 14 heavy (non-hydrogen) atoms. The number of phenols is 2. The minimum atomic E-state index is -0.626. The zero-order chi connectivity index (χ0) is 10.7. The third-order valence-corrected chi connectivity index (χ3v) is 1.83. The van der Waals surface area contributed by atoms with Crippen molar-refractivity contribution >= 4 is 5.97 Å². The molecular weight excluding hydrogens is 186 g/mol. The first kappa shape index (κ1) is 10.3. The van der Waals surface area contributed by atoms with Gasteiger partial charge in [0.25, 0.3) is 0 Å². The highest BCUT2D eigenvalue weighted by Crippen LogP contribution is 2.28. The summed E-state index contributed by atoms with van der Waals surface area (Å²) < 4.78 is 4.43. The Hall–Kier alpha value is -1.75. The van der Waals surface area contributed by atoms with E-state index in [9.17, 15) is 15.0 Å². The van der Waals surface area contributed by atoms with Gasteiger partial charge >= 0.3 is 5.97 Å². The molecule has 1 aromatic rings. The normalized spacial score (nSPS) is 9.86. The Labute approximate surface area is 80.7 Å². The van der Waals surface area contributed by atoms with Crippen LogP contribution in [-0.4, -0.2) is 23.3 Å². The van der Waals surface area contributed by atoms with Gasteiger partial charge < -0.3 is 20.7 Å². The van der Waals surface area contributed by atoms with Gasteiger partial charge in [0.05, 0.1) is 12.7 Å². The van der Waals surface area contributed by atoms with E-state index in [1.54, 1.807) is 0 Å². The Kier molecular flexibility index (Phi) is 2.93. The van der Waals surface area contributed by atoms with Gasteiger partial charge in [0.2, 0.25) is 0 Å². The summed E-state index contributed by atoms with van der Waals surface area (Å²) in [5.74, 6) is -1.06. The standard InChI is InChI=1S/C9H11NO4/c1-14-9(13)5-2-7(11)6(4-10)8(12)3-5/h2-3,11-12H,4,10H2,1H3. The molecule has 1 aromatic carbocycles. The van der Waals surface area contributed by atoms with Gasteiger partial charge in [0.15, 0.2) is 0 Å². The summed E-state index contributed by atoms with van der Waals surface area (Å²) in [6, 6.07) is 2.40. The molecule has 76 valence electrons. The topological polar surface area (TPSA) is 92.8 Å². The number of carbonyl (C=O) groups excluding carboxylic acids is 1. The molecule has 0 spiro atoms. The first-order valence-corrected chi connectivity index (χ1v) is 3.93. The van der Waals surface area contributed by atoms with E-state index < -0.39 is 5.97 Å². The lowest BCUT2D eigenvalue weighted by Crippen LogP contribution is -2.03. The zero-order valence-corrected chi connectivity index (χ0v) is 7.65. The Morgan fingerprint density at radius 1 is 1.43 bits per heavy atom. The average molecular weight is 197 g/mol. The summed E-state index contributed by atoms with van der Waals surface area (Å²) in [7, 11) is 1.22. The van der Waals surface area contributed by atoms with Crippen molar-refractivity contribution in [2.24, 2.45) is 5.73 Å². The Bertz CT molecular complexity index is 339. The molecule has 0 atom stereocenters. The SMILES string of the molecule is COC(=O)c1cc(O)c(CN)c(O)c1. The number of carbonyl (C=O) groups is 1. The van der Waals surface area contributed by atoms with Gasteiger partial charge in [-0.1, -0.05) is 0 Å². The van der Waals surface area contributed by atoms with E-state index in [4.69, 9.17) is 5.73 Å². The smallest absolute Gasteiger partial charge is 0.338 e. The van der Waals surface area contributed by atoms with Gasteiger partial charge in [0.1, 0.15) is 11.5 Å². The van der Waals surface area contributed by atoms with Crippen molar-refractivity contribution in [2.75, 3.05) is 7.11 Å². The number of methoxy groups -OCH3 is 1. The largest absolute Gasteiger partial charge is 0.507 e. The number of esters is 1. The highest BCUT2D eigenvalue weighted by molar-refractivity contribution is 5.90. The molecule has 1 rings (SSSR count). The minimum absolute atomic E-state index is 0.000874. The van der Waals surface area contributed by atoms with Crippen molar-refractivity contribution in [1.29, 1.82) is 0 Å². The second-order valence-corrected chi connectivity index (χ2v) is 2.69. The van der Waals surface area contributed by atoms with Crippen LogP contribution in [0.2, 0.25) is 0 Å². The minimum Gasteiger partial charge on any atom is -0.507 e. The summed E-state index contributed by atoms with van der Waals surface area (Å²) in [4.78, 5) is 11.0. The van der Waals surface area contributed by atoms with Crippen LogP contribution in [0.5, 0.6) is 11.5 Å². The van der Waals surface area contributed by atoms with E-state index in [-0.39, 0.29) is 29.2 Å². The van der Waals surface area contributed by atoms with E-state index in [0.717, 1.165) is 0 Å². The fraction of sp³-hybridized carbons (Fsp3) is 0.222. The number of hydrogen-bond donors (Lipinski definition) is 3. The molecule has 5 heteroatoms. The fourth-order valence-corrected chi connectivity index (χ4v) is 1.09. The number of rotatable bonds is 2. The third kappa shape index (κ3) is 1.77. The number of hydrogen-bond acceptors (Lipinski definition) is 5. The van der Waals surface area contributed by atoms with Crippen LogP contribution in [0.4, 0.5) is 0 Å². The van der Waals surface area contributed by atoms with Crippen molar-refractivity contribution in [3.63, 3.8) is 0 Å². The molecule has 0 aliphatic carbocycles. The molecule has 0 unspecified atom stereocenters. The van der Waals surface area contributed by atoms with E-state index in [2.05, 4.69) is 4.74 Å². The maximum Gasteiger partial charge on any atom is 0.338 e. The molecule has 0 amide bonds. The molecule has 0 saturated heterocycles. The van der Waals surface area contributed by atoms with E-state index >= 15 is 0 Å². The third-order valence-electron chi connectivity index (χ3n) is 1.83. The van der Waals surface area contributed by atoms with Crippen LogP contribution >= 0.6 is 0 Å². The Morgan fingerprint density at radius 2 is 1.93 bits per heavy atom. The molecular formula is C9H11NO4. The monoisotopic (exact) mass is 197 g/mol. The maximum atomic E-state index is 11.0. The first-order chi connectivity index (χ1) is 6.60. The van der Waals surface area contributed by atoms with Crippen LogP contribution in [0, 0.1) is 0 Å². The van der Waals surface area contributed by atoms with Gasteiger partial charge in [-0.05, 0) is 12.1 Å². The number of benzene rings is 1. The highest BCUT2D eigenvalue weighted by Gasteiger charge is 2.12. The molecule has 5 nitrogen and oxygen atoms in total. The highest BCUT2D eigenvalue weighted by atomic mass is 16.5. The van der Waals surface area contributed by atoms with Gasteiger partial charge in [-0.3, -0.25) is 0 Å². The molecule has 0 saturated carbocycles. The van der Waals surface area contributed by atoms with Crippen LogP contribution in [-0.2, 0) is 11.3 Å². The van der Waals surface area contributed by atoms with Crippen LogP contribution < -0.4 is 5.73 Å². The molecule has 0 aliphatic heterocycles. The Balaban J connectivity index is 3.20. The molecule has 4 N–H and O–H groups in total. The maximum absolute atomic E-state index is 11.0.